The van der Waals surface area contributed by atoms with Gasteiger partial charge in [0.1, 0.15) is 5.52 Å². The summed E-state index contributed by atoms with van der Waals surface area (Å²) in [5.74, 6) is 0. The van der Waals surface area contributed by atoms with Crippen LogP contribution in [0, 0.1) is 0 Å². The zero-order valence-electron chi connectivity index (χ0n) is 9.73. The van der Waals surface area contributed by atoms with Gasteiger partial charge in [-0.1, -0.05) is 0 Å². The van der Waals surface area contributed by atoms with Gasteiger partial charge in [-0.3, -0.25) is 9.79 Å². The highest BCUT2D eigenvalue weighted by atomic mass is 35.5. The summed E-state index contributed by atoms with van der Waals surface area (Å²) >= 11 is 5.77. The number of fused-ring (bicyclic) bond motifs is 1. The van der Waals surface area contributed by atoms with Crippen LogP contribution in [0.15, 0.2) is 16.0 Å². The Labute approximate surface area is 102 Å². The van der Waals surface area contributed by atoms with Gasteiger partial charge in [-0.2, -0.15) is 4.98 Å². The largest absolute Gasteiger partial charge is 0.315 e. The van der Waals surface area contributed by atoms with Gasteiger partial charge in [0.2, 0.25) is 5.28 Å². The van der Waals surface area contributed by atoms with Crippen molar-refractivity contribution in [1.82, 2.24) is 19.5 Å². The third-order valence-electron chi connectivity index (χ3n) is 2.38. The Morgan fingerprint density at radius 1 is 1.53 bits per heavy atom. The predicted octanol–water partition coefficient (Wildman–Crippen LogP) is 0.884. The van der Waals surface area contributed by atoms with Crippen LogP contribution in [0.1, 0.15) is 19.9 Å². The van der Waals surface area contributed by atoms with E-state index in [1.54, 1.807) is 11.6 Å². The Morgan fingerprint density at radius 2 is 2.24 bits per heavy atom. The molecule has 90 valence electrons. The quantitative estimate of drug-likeness (QED) is 0.767. The summed E-state index contributed by atoms with van der Waals surface area (Å²) in [5.41, 5.74) is 1.17. The smallest absolute Gasteiger partial charge is 0.291 e. The molecule has 0 saturated heterocycles. The van der Waals surface area contributed by atoms with E-state index in [2.05, 4.69) is 19.9 Å². The summed E-state index contributed by atoms with van der Waals surface area (Å²) < 4.78 is 1.74. The molecular formula is C10H12ClN5O. The first-order valence-electron chi connectivity index (χ1n) is 5.14. The lowest BCUT2D eigenvalue weighted by Gasteiger charge is -2.13. The molecule has 0 unspecified atom stereocenters. The van der Waals surface area contributed by atoms with E-state index >= 15 is 0 Å². The molecule has 7 heteroatoms. The van der Waals surface area contributed by atoms with Gasteiger partial charge in [-0.25, -0.2) is 4.98 Å². The highest BCUT2D eigenvalue weighted by molar-refractivity contribution is 6.28. The number of nitrogens with zero attached hydrogens (tertiary/aromatic N) is 4. The van der Waals surface area contributed by atoms with E-state index in [0.29, 0.717) is 16.7 Å². The monoisotopic (exact) mass is 253 g/mol. The molecule has 2 aromatic heterocycles. The average molecular weight is 254 g/mol. The molecule has 0 aliphatic rings. The number of aromatic nitrogens is 4. The molecule has 0 saturated carbocycles. The fraction of sp³-hybridized carbons (Fsp3) is 0.400. The second kappa shape index (κ2) is 4.29. The van der Waals surface area contributed by atoms with Gasteiger partial charge in [-0.15, -0.1) is 0 Å². The molecule has 2 rings (SSSR count). The first-order chi connectivity index (χ1) is 8.04. The number of hydrogen-bond acceptors (Lipinski definition) is 4. The van der Waals surface area contributed by atoms with Gasteiger partial charge in [0, 0.05) is 13.1 Å². The second-order valence-corrected chi connectivity index (χ2v) is 4.18. The van der Waals surface area contributed by atoms with Crippen molar-refractivity contribution in [2.45, 2.75) is 19.9 Å². The van der Waals surface area contributed by atoms with E-state index in [-0.39, 0.29) is 16.9 Å². The molecule has 0 fully saturated rings. The lowest BCUT2D eigenvalue weighted by molar-refractivity contribution is 0.577. The Kier molecular flexibility index (Phi) is 2.97. The Bertz CT molecular complexity index is 685. The van der Waals surface area contributed by atoms with Crippen LogP contribution in [0.4, 0.5) is 0 Å². The highest BCUT2D eigenvalue weighted by Crippen LogP contribution is 2.11. The molecule has 0 aromatic carbocycles. The van der Waals surface area contributed by atoms with Crippen molar-refractivity contribution in [3.63, 3.8) is 0 Å². The summed E-state index contributed by atoms with van der Waals surface area (Å²) in [4.78, 5) is 26.5. The molecule has 0 aliphatic carbocycles. The third kappa shape index (κ3) is 1.95. The van der Waals surface area contributed by atoms with Crippen LogP contribution in [-0.4, -0.2) is 26.6 Å². The lowest BCUT2D eigenvalue weighted by Crippen LogP contribution is -2.38. The SMILES string of the molecule is CN=c1c(=O)[nH]c2cnc(Cl)nc2n1C(C)C. The predicted molar refractivity (Wildman–Crippen MR) is 65.0 cm³/mol. The van der Waals surface area contributed by atoms with Crippen molar-refractivity contribution in [3.8, 4) is 0 Å². The van der Waals surface area contributed by atoms with Crippen LogP contribution in [-0.2, 0) is 0 Å². The normalized spacial score (nSPS) is 12.6. The first kappa shape index (κ1) is 11.8. The number of halogens is 1. The van der Waals surface area contributed by atoms with E-state index in [9.17, 15) is 4.79 Å². The summed E-state index contributed by atoms with van der Waals surface area (Å²) in [6.45, 7) is 3.90. The highest BCUT2D eigenvalue weighted by Gasteiger charge is 2.10. The third-order valence-corrected chi connectivity index (χ3v) is 2.56. The summed E-state index contributed by atoms with van der Waals surface area (Å²) in [5, 5.41) is 0.140. The van der Waals surface area contributed by atoms with Gasteiger partial charge in [0.05, 0.1) is 6.20 Å². The minimum atomic E-state index is -0.264. The molecule has 6 nitrogen and oxygen atoms in total. The molecule has 17 heavy (non-hydrogen) atoms. The van der Waals surface area contributed by atoms with Crippen LogP contribution in [0.3, 0.4) is 0 Å². The molecule has 2 aromatic rings. The summed E-state index contributed by atoms with van der Waals surface area (Å²) in [7, 11) is 1.57. The minimum absolute atomic E-state index is 0.0458. The fourth-order valence-corrected chi connectivity index (χ4v) is 1.84. The van der Waals surface area contributed by atoms with Crippen LogP contribution < -0.4 is 11.0 Å². The van der Waals surface area contributed by atoms with Gasteiger partial charge >= 0.3 is 0 Å². The van der Waals surface area contributed by atoms with Crippen molar-refractivity contribution in [3.05, 3.63) is 27.3 Å². The van der Waals surface area contributed by atoms with Crippen molar-refractivity contribution in [2.75, 3.05) is 7.05 Å². The number of hydrogen-bond donors (Lipinski definition) is 1. The number of nitrogens with one attached hydrogen (secondary N) is 1. The van der Waals surface area contributed by atoms with Crippen molar-refractivity contribution in [1.29, 1.82) is 0 Å². The standard InChI is InChI=1S/C10H12ClN5O/c1-5(2)16-7-6(4-13-10(11)15-7)14-9(17)8(16)12-3/h4-5H,1-3H3,(H,14,17). The fourth-order valence-electron chi connectivity index (χ4n) is 1.71. The van der Waals surface area contributed by atoms with E-state index in [1.165, 1.54) is 6.20 Å². The number of aromatic amines is 1. The van der Waals surface area contributed by atoms with E-state index in [0.717, 1.165) is 0 Å². The van der Waals surface area contributed by atoms with Gasteiger partial charge in [-0.05, 0) is 25.4 Å². The minimum Gasteiger partial charge on any atom is -0.315 e. The Balaban J connectivity index is 3.06. The summed E-state index contributed by atoms with van der Waals surface area (Å²) in [6.07, 6.45) is 1.49. The molecule has 0 aliphatic heterocycles. The maximum atomic E-state index is 11.8. The molecule has 0 bridgehead atoms. The topological polar surface area (TPSA) is 75.9 Å². The van der Waals surface area contributed by atoms with Crippen molar-refractivity contribution >= 4 is 22.8 Å². The lowest BCUT2D eigenvalue weighted by atomic mass is 10.3. The van der Waals surface area contributed by atoms with E-state index in [1.807, 2.05) is 13.8 Å². The Morgan fingerprint density at radius 3 is 2.82 bits per heavy atom. The maximum absolute atomic E-state index is 11.8. The van der Waals surface area contributed by atoms with Gasteiger partial charge < -0.3 is 9.55 Å². The zero-order chi connectivity index (χ0) is 12.6. The zero-order valence-corrected chi connectivity index (χ0v) is 10.5. The van der Waals surface area contributed by atoms with Gasteiger partial charge in [0.25, 0.3) is 5.56 Å². The molecule has 0 atom stereocenters. The average Bonchev–Trinajstić information content (AvgIpc) is 2.27. The van der Waals surface area contributed by atoms with E-state index < -0.39 is 0 Å². The van der Waals surface area contributed by atoms with Crippen LogP contribution in [0.25, 0.3) is 11.2 Å². The maximum Gasteiger partial charge on any atom is 0.291 e. The van der Waals surface area contributed by atoms with E-state index in [4.69, 9.17) is 11.6 Å². The van der Waals surface area contributed by atoms with Crippen LogP contribution >= 0.6 is 11.6 Å². The number of rotatable bonds is 1. The first-order valence-corrected chi connectivity index (χ1v) is 5.52. The Hall–Kier alpha value is -1.69. The van der Waals surface area contributed by atoms with Crippen molar-refractivity contribution in [2.24, 2.45) is 4.99 Å². The molecule has 1 N–H and O–H groups in total. The number of H-pyrrole nitrogens is 1. The van der Waals surface area contributed by atoms with Crippen LogP contribution in [0.2, 0.25) is 5.28 Å². The van der Waals surface area contributed by atoms with Crippen molar-refractivity contribution < 1.29 is 0 Å². The molecule has 0 radical (unpaired) electrons. The van der Waals surface area contributed by atoms with Gasteiger partial charge in [0.15, 0.2) is 11.1 Å². The molecule has 0 amide bonds. The molecule has 2 heterocycles. The molecule has 0 spiro atoms. The van der Waals surface area contributed by atoms with Crippen LogP contribution in [0.5, 0.6) is 0 Å². The summed E-state index contributed by atoms with van der Waals surface area (Å²) in [6, 6.07) is 0.0458. The second-order valence-electron chi connectivity index (χ2n) is 3.84. The molecular weight excluding hydrogens is 242 g/mol.